The fourth-order valence-electron chi connectivity index (χ4n) is 2.26. The smallest absolute Gasteiger partial charge is 0.137 e. The van der Waals surface area contributed by atoms with Crippen LogP contribution < -0.4 is 11.3 Å². The first-order valence-corrected chi connectivity index (χ1v) is 6.12. The molecule has 0 aliphatic carbocycles. The van der Waals surface area contributed by atoms with Gasteiger partial charge in [0.15, 0.2) is 0 Å². The molecular weight excluding hydrogens is 240 g/mol. The van der Waals surface area contributed by atoms with Crippen LogP contribution in [-0.2, 0) is 7.05 Å². The maximum Gasteiger partial charge on any atom is 0.137 e. The van der Waals surface area contributed by atoms with Crippen LogP contribution in [0.15, 0.2) is 41.1 Å². The summed E-state index contributed by atoms with van der Waals surface area (Å²) in [6.07, 6.45) is 3.62. The summed E-state index contributed by atoms with van der Waals surface area (Å²) in [7, 11) is 1.93. The zero-order valence-corrected chi connectivity index (χ0v) is 10.9. The van der Waals surface area contributed by atoms with Gasteiger partial charge in [-0.15, -0.1) is 0 Å². The van der Waals surface area contributed by atoms with Crippen LogP contribution in [0.3, 0.4) is 0 Å². The molecule has 0 fully saturated rings. The van der Waals surface area contributed by atoms with Crippen molar-refractivity contribution in [3.8, 4) is 0 Å². The summed E-state index contributed by atoms with van der Waals surface area (Å²) in [5, 5.41) is 1.07. The van der Waals surface area contributed by atoms with E-state index in [-0.39, 0.29) is 6.04 Å². The molecule has 0 bridgehead atoms. The number of benzene rings is 1. The van der Waals surface area contributed by atoms with Crippen LogP contribution in [-0.4, -0.2) is 9.55 Å². The second kappa shape index (κ2) is 4.53. The zero-order chi connectivity index (χ0) is 13.4. The summed E-state index contributed by atoms with van der Waals surface area (Å²) in [4.78, 5) is 4.31. The number of fused-ring (bicyclic) bond motifs is 1. The van der Waals surface area contributed by atoms with Crippen molar-refractivity contribution in [1.82, 2.24) is 15.0 Å². The Kier molecular flexibility index (Phi) is 2.85. The van der Waals surface area contributed by atoms with Gasteiger partial charge in [-0.1, -0.05) is 11.6 Å². The molecule has 0 aliphatic rings. The van der Waals surface area contributed by atoms with Gasteiger partial charge in [0.2, 0.25) is 0 Å². The number of rotatable bonds is 3. The molecule has 0 saturated heterocycles. The standard InChI is InChI=1S/C14H16N4O/c1-9-3-4-11-10(7-9)8-12(19-11)13(17-15)14-16-5-6-18(14)2/h3-8,13,17H,15H2,1-2H3. The van der Waals surface area contributed by atoms with Gasteiger partial charge in [-0.05, 0) is 25.1 Å². The fourth-order valence-corrected chi connectivity index (χ4v) is 2.26. The summed E-state index contributed by atoms with van der Waals surface area (Å²) in [6, 6.07) is 7.84. The third-order valence-corrected chi connectivity index (χ3v) is 3.26. The summed E-state index contributed by atoms with van der Waals surface area (Å²) < 4.78 is 7.78. The number of nitrogens with two attached hydrogens (primary N) is 1. The van der Waals surface area contributed by atoms with Crippen molar-refractivity contribution >= 4 is 11.0 Å². The predicted octanol–water partition coefficient (Wildman–Crippen LogP) is 2.03. The number of aromatic nitrogens is 2. The molecule has 0 spiro atoms. The molecule has 1 aromatic carbocycles. The van der Waals surface area contributed by atoms with E-state index in [1.807, 2.05) is 36.0 Å². The second-order valence-corrected chi connectivity index (χ2v) is 4.69. The van der Waals surface area contributed by atoms with Gasteiger partial charge in [0, 0.05) is 24.8 Å². The molecule has 0 amide bonds. The predicted molar refractivity (Wildman–Crippen MR) is 73.3 cm³/mol. The molecule has 2 aromatic heterocycles. The molecule has 3 rings (SSSR count). The summed E-state index contributed by atoms with van der Waals surface area (Å²) in [5.41, 5.74) is 4.82. The Morgan fingerprint density at radius 3 is 2.89 bits per heavy atom. The van der Waals surface area contributed by atoms with Gasteiger partial charge in [-0.25, -0.2) is 10.4 Å². The Hall–Kier alpha value is -2.11. The van der Waals surface area contributed by atoms with E-state index >= 15 is 0 Å². The second-order valence-electron chi connectivity index (χ2n) is 4.69. The first kappa shape index (κ1) is 12.0. The molecule has 98 valence electrons. The van der Waals surface area contributed by atoms with E-state index in [0.29, 0.717) is 0 Å². The molecule has 0 radical (unpaired) electrons. The Balaban J connectivity index is 2.09. The number of hydrazine groups is 1. The molecule has 5 nitrogen and oxygen atoms in total. The Labute approximate surface area is 111 Å². The lowest BCUT2D eigenvalue weighted by Crippen LogP contribution is -2.30. The minimum Gasteiger partial charge on any atom is -0.459 e. The number of imidazole rings is 1. The largest absolute Gasteiger partial charge is 0.459 e. The Morgan fingerprint density at radius 2 is 2.21 bits per heavy atom. The van der Waals surface area contributed by atoms with Crippen molar-refractivity contribution in [3.05, 3.63) is 53.8 Å². The van der Waals surface area contributed by atoms with E-state index in [1.165, 1.54) is 5.56 Å². The quantitative estimate of drug-likeness (QED) is 0.555. The van der Waals surface area contributed by atoms with Crippen molar-refractivity contribution in [1.29, 1.82) is 0 Å². The Morgan fingerprint density at radius 1 is 1.37 bits per heavy atom. The normalized spacial score (nSPS) is 13.0. The molecule has 0 saturated carbocycles. The molecule has 3 aromatic rings. The van der Waals surface area contributed by atoms with Crippen LogP contribution >= 0.6 is 0 Å². The highest BCUT2D eigenvalue weighted by Gasteiger charge is 2.20. The highest BCUT2D eigenvalue weighted by atomic mass is 16.3. The van der Waals surface area contributed by atoms with Gasteiger partial charge in [-0.2, -0.15) is 0 Å². The highest BCUT2D eigenvalue weighted by molar-refractivity contribution is 5.78. The first-order valence-electron chi connectivity index (χ1n) is 6.12. The minimum atomic E-state index is -0.257. The van der Waals surface area contributed by atoms with Crippen LogP contribution in [0.4, 0.5) is 0 Å². The van der Waals surface area contributed by atoms with Gasteiger partial charge < -0.3 is 8.98 Å². The van der Waals surface area contributed by atoms with Crippen LogP contribution in [0.1, 0.15) is 23.2 Å². The van der Waals surface area contributed by atoms with Crippen LogP contribution in [0.5, 0.6) is 0 Å². The lowest BCUT2D eigenvalue weighted by Gasteiger charge is -2.12. The lowest BCUT2D eigenvalue weighted by atomic mass is 10.1. The third-order valence-electron chi connectivity index (χ3n) is 3.26. The number of nitrogens with one attached hydrogen (secondary N) is 1. The lowest BCUT2D eigenvalue weighted by molar-refractivity contribution is 0.457. The van der Waals surface area contributed by atoms with Gasteiger partial charge in [0.05, 0.1) is 0 Å². The number of nitrogens with zero attached hydrogens (tertiary/aromatic N) is 2. The van der Waals surface area contributed by atoms with Gasteiger partial charge in [0.25, 0.3) is 0 Å². The SMILES string of the molecule is Cc1ccc2oc(C(NN)c3nccn3C)cc2c1. The highest BCUT2D eigenvalue weighted by Crippen LogP contribution is 2.27. The van der Waals surface area contributed by atoms with Gasteiger partial charge >= 0.3 is 0 Å². The zero-order valence-electron chi connectivity index (χ0n) is 10.9. The van der Waals surface area contributed by atoms with E-state index in [9.17, 15) is 0 Å². The van der Waals surface area contributed by atoms with Gasteiger partial charge in [-0.3, -0.25) is 5.84 Å². The maximum atomic E-state index is 5.86. The molecule has 1 unspecified atom stereocenters. The number of aryl methyl sites for hydroxylation is 2. The van der Waals surface area contributed by atoms with E-state index in [2.05, 4.69) is 23.4 Å². The van der Waals surface area contributed by atoms with E-state index in [0.717, 1.165) is 22.6 Å². The molecule has 3 N–H and O–H groups in total. The monoisotopic (exact) mass is 256 g/mol. The first-order chi connectivity index (χ1) is 9.19. The van der Waals surface area contributed by atoms with E-state index in [4.69, 9.17) is 10.3 Å². The summed E-state index contributed by atoms with van der Waals surface area (Å²) in [5.74, 6) is 7.23. The van der Waals surface area contributed by atoms with Crippen molar-refractivity contribution in [3.63, 3.8) is 0 Å². The molecular formula is C14H16N4O. The third kappa shape index (κ3) is 2.03. The van der Waals surface area contributed by atoms with E-state index < -0.39 is 0 Å². The average molecular weight is 256 g/mol. The number of hydrogen-bond donors (Lipinski definition) is 2. The van der Waals surface area contributed by atoms with Crippen molar-refractivity contribution in [2.75, 3.05) is 0 Å². The fraction of sp³-hybridized carbons (Fsp3) is 0.214. The van der Waals surface area contributed by atoms with E-state index in [1.54, 1.807) is 6.20 Å². The van der Waals surface area contributed by atoms with Crippen molar-refractivity contribution in [2.24, 2.45) is 12.9 Å². The molecule has 0 aliphatic heterocycles. The van der Waals surface area contributed by atoms with Crippen LogP contribution in [0, 0.1) is 6.92 Å². The molecule has 19 heavy (non-hydrogen) atoms. The van der Waals surface area contributed by atoms with Crippen molar-refractivity contribution < 1.29 is 4.42 Å². The summed E-state index contributed by atoms with van der Waals surface area (Å²) in [6.45, 7) is 2.06. The number of furan rings is 1. The summed E-state index contributed by atoms with van der Waals surface area (Å²) >= 11 is 0. The van der Waals surface area contributed by atoms with Crippen molar-refractivity contribution in [2.45, 2.75) is 13.0 Å². The molecule has 5 heteroatoms. The minimum absolute atomic E-state index is 0.257. The number of hydrogen-bond acceptors (Lipinski definition) is 4. The van der Waals surface area contributed by atoms with Crippen LogP contribution in [0.25, 0.3) is 11.0 Å². The molecule has 2 heterocycles. The topological polar surface area (TPSA) is 69.0 Å². The maximum absolute atomic E-state index is 5.86. The van der Waals surface area contributed by atoms with Gasteiger partial charge in [0.1, 0.15) is 23.2 Å². The average Bonchev–Trinajstić information content (AvgIpc) is 2.97. The van der Waals surface area contributed by atoms with Crippen LogP contribution in [0.2, 0.25) is 0 Å². The Bertz CT molecular complexity index is 713. The molecule has 1 atom stereocenters.